The van der Waals surface area contributed by atoms with Gasteiger partial charge in [-0.25, -0.2) is 4.98 Å². The molecule has 114 valence electrons. The van der Waals surface area contributed by atoms with E-state index in [0.29, 0.717) is 16.8 Å². The summed E-state index contributed by atoms with van der Waals surface area (Å²) in [6, 6.07) is 3.28. The number of hydrogen-bond donors (Lipinski definition) is 1. The van der Waals surface area contributed by atoms with Crippen LogP contribution in [0.15, 0.2) is 35.1 Å². The molecule has 0 saturated heterocycles. The van der Waals surface area contributed by atoms with Gasteiger partial charge in [-0.1, -0.05) is 22.0 Å². The summed E-state index contributed by atoms with van der Waals surface area (Å²) >= 11 is 3.06. The largest absolute Gasteiger partial charge is 0.416 e. The Kier molecular flexibility index (Phi) is 4.73. The van der Waals surface area contributed by atoms with Gasteiger partial charge in [-0.3, -0.25) is 0 Å². The van der Waals surface area contributed by atoms with Crippen LogP contribution in [-0.2, 0) is 19.1 Å². The molecule has 2 N–H and O–H groups in total. The summed E-state index contributed by atoms with van der Waals surface area (Å²) in [5.74, 6) is 0.682. The van der Waals surface area contributed by atoms with Gasteiger partial charge in [-0.15, -0.1) is 0 Å². The van der Waals surface area contributed by atoms with Crippen molar-refractivity contribution in [3.8, 4) is 0 Å². The fourth-order valence-corrected chi connectivity index (χ4v) is 2.58. The number of benzene rings is 1. The zero-order chi connectivity index (χ0) is 15.6. The van der Waals surface area contributed by atoms with Crippen molar-refractivity contribution < 1.29 is 13.2 Å². The van der Waals surface area contributed by atoms with Crippen LogP contribution in [0.25, 0.3) is 0 Å². The molecule has 2 rings (SSSR count). The summed E-state index contributed by atoms with van der Waals surface area (Å²) in [6.45, 7) is 2.64. The number of aryl methyl sites for hydroxylation is 1. The highest BCUT2D eigenvalue weighted by Crippen LogP contribution is 2.36. The Morgan fingerprint density at radius 2 is 2.10 bits per heavy atom. The average Bonchev–Trinajstić information content (AvgIpc) is 2.84. The number of hydrogen-bond acceptors (Lipinski definition) is 2. The zero-order valence-corrected chi connectivity index (χ0v) is 12.9. The number of nitrogens with two attached hydrogens (primary N) is 1. The number of rotatable bonds is 4. The van der Waals surface area contributed by atoms with Crippen molar-refractivity contribution in [1.29, 1.82) is 0 Å². The van der Waals surface area contributed by atoms with E-state index in [4.69, 9.17) is 5.73 Å². The molecule has 7 heteroatoms. The highest BCUT2D eigenvalue weighted by Gasteiger charge is 2.35. The molecule has 0 spiro atoms. The minimum absolute atomic E-state index is 0.0800. The highest BCUT2D eigenvalue weighted by molar-refractivity contribution is 9.10. The molecule has 0 bridgehead atoms. The van der Waals surface area contributed by atoms with E-state index in [-0.39, 0.29) is 12.0 Å². The molecular formula is C14H15BrF3N3. The molecule has 1 aromatic carbocycles. The highest BCUT2D eigenvalue weighted by atomic mass is 79.9. The van der Waals surface area contributed by atoms with Crippen LogP contribution in [-0.4, -0.2) is 9.55 Å². The second kappa shape index (κ2) is 6.19. The second-order valence-corrected chi connectivity index (χ2v) is 5.59. The van der Waals surface area contributed by atoms with Gasteiger partial charge in [0.05, 0.1) is 5.56 Å². The summed E-state index contributed by atoms with van der Waals surface area (Å²) in [5, 5.41) is 0. The average molecular weight is 362 g/mol. The van der Waals surface area contributed by atoms with Crippen molar-refractivity contribution in [2.24, 2.45) is 5.73 Å². The van der Waals surface area contributed by atoms with Crippen molar-refractivity contribution in [2.75, 3.05) is 0 Å². The number of alkyl halides is 3. The first-order valence-corrected chi connectivity index (χ1v) is 7.24. The molecule has 1 aromatic heterocycles. The number of nitrogens with zero attached hydrogens (tertiary/aromatic N) is 2. The molecule has 1 atom stereocenters. The Hall–Kier alpha value is -1.34. The molecule has 0 radical (unpaired) electrons. The first kappa shape index (κ1) is 16.0. The fourth-order valence-electron chi connectivity index (χ4n) is 2.22. The molecule has 0 fully saturated rings. The molecule has 2 aromatic rings. The van der Waals surface area contributed by atoms with Gasteiger partial charge in [-0.2, -0.15) is 13.2 Å². The maximum absolute atomic E-state index is 13.1. The molecule has 1 unspecified atom stereocenters. The van der Waals surface area contributed by atoms with E-state index in [0.717, 1.165) is 6.07 Å². The minimum atomic E-state index is -4.43. The van der Waals surface area contributed by atoms with Crippen molar-refractivity contribution in [3.63, 3.8) is 0 Å². The lowest BCUT2D eigenvalue weighted by atomic mass is 9.98. The second-order valence-electron chi connectivity index (χ2n) is 4.67. The van der Waals surface area contributed by atoms with Crippen LogP contribution in [0.3, 0.4) is 0 Å². The van der Waals surface area contributed by atoms with Gasteiger partial charge in [0, 0.05) is 35.9 Å². The standard InChI is InChI=1S/C14H15BrF3N3/c1-2-21-6-5-20-13(21)8-12(19)10-4-3-9(15)7-11(10)14(16,17)18/h3-7,12H,2,8,19H2,1H3. The Morgan fingerprint density at radius 1 is 1.38 bits per heavy atom. The molecule has 0 saturated carbocycles. The van der Waals surface area contributed by atoms with Gasteiger partial charge in [0.1, 0.15) is 5.82 Å². The van der Waals surface area contributed by atoms with Crippen LogP contribution < -0.4 is 5.73 Å². The van der Waals surface area contributed by atoms with E-state index in [9.17, 15) is 13.2 Å². The van der Waals surface area contributed by atoms with E-state index in [1.165, 1.54) is 6.07 Å². The third kappa shape index (κ3) is 3.65. The van der Waals surface area contributed by atoms with E-state index < -0.39 is 17.8 Å². The topological polar surface area (TPSA) is 43.8 Å². The predicted molar refractivity (Wildman–Crippen MR) is 77.7 cm³/mol. The lowest BCUT2D eigenvalue weighted by Crippen LogP contribution is -2.21. The first-order chi connectivity index (χ1) is 9.82. The molecule has 0 amide bonds. The van der Waals surface area contributed by atoms with Crippen molar-refractivity contribution in [1.82, 2.24) is 9.55 Å². The van der Waals surface area contributed by atoms with Crippen molar-refractivity contribution in [2.45, 2.75) is 32.1 Å². The monoisotopic (exact) mass is 361 g/mol. The SMILES string of the molecule is CCn1ccnc1CC(N)c1ccc(Br)cc1C(F)(F)F. The van der Waals surface area contributed by atoms with Crippen LogP contribution in [0, 0.1) is 0 Å². The van der Waals surface area contributed by atoms with Crippen LogP contribution in [0.1, 0.15) is 29.9 Å². The molecule has 0 aliphatic rings. The quantitative estimate of drug-likeness (QED) is 0.896. The van der Waals surface area contributed by atoms with Crippen molar-refractivity contribution >= 4 is 15.9 Å². The normalized spacial score (nSPS) is 13.4. The summed E-state index contributed by atoms with van der Waals surface area (Å²) in [7, 11) is 0. The molecule has 3 nitrogen and oxygen atoms in total. The van der Waals surface area contributed by atoms with Crippen LogP contribution in [0.5, 0.6) is 0 Å². The smallest absolute Gasteiger partial charge is 0.335 e. The zero-order valence-electron chi connectivity index (χ0n) is 11.4. The third-order valence-corrected chi connectivity index (χ3v) is 3.76. The van der Waals surface area contributed by atoms with Gasteiger partial charge in [0.25, 0.3) is 0 Å². The molecule has 1 heterocycles. The summed E-state index contributed by atoms with van der Waals surface area (Å²) in [4.78, 5) is 4.15. The number of aromatic nitrogens is 2. The predicted octanol–water partition coefficient (Wildman–Crippen LogP) is 3.93. The van der Waals surface area contributed by atoms with E-state index in [2.05, 4.69) is 20.9 Å². The molecular weight excluding hydrogens is 347 g/mol. The minimum Gasteiger partial charge on any atom is -0.335 e. The maximum Gasteiger partial charge on any atom is 0.416 e. The molecule has 0 aliphatic carbocycles. The lowest BCUT2D eigenvalue weighted by molar-refractivity contribution is -0.138. The number of imidazole rings is 1. The molecule has 21 heavy (non-hydrogen) atoms. The summed E-state index contributed by atoms with van der Waals surface area (Å²) in [6.07, 6.45) is -0.769. The van der Waals surface area contributed by atoms with Crippen molar-refractivity contribution in [3.05, 3.63) is 52.0 Å². The Morgan fingerprint density at radius 3 is 2.71 bits per heavy atom. The van der Waals surface area contributed by atoms with Gasteiger partial charge in [0.2, 0.25) is 0 Å². The summed E-state index contributed by atoms with van der Waals surface area (Å²) < 4.78 is 41.6. The Bertz CT molecular complexity index is 622. The summed E-state index contributed by atoms with van der Waals surface area (Å²) in [5.41, 5.74) is 5.36. The van der Waals surface area contributed by atoms with E-state index >= 15 is 0 Å². The lowest BCUT2D eigenvalue weighted by Gasteiger charge is -2.19. The van der Waals surface area contributed by atoms with Crippen LogP contribution >= 0.6 is 15.9 Å². The first-order valence-electron chi connectivity index (χ1n) is 6.45. The maximum atomic E-state index is 13.1. The van der Waals surface area contributed by atoms with Gasteiger partial charge in [0.15, 0.2) is 0 Å². The fraction of sp³-hybridized carbons (Fsp3) is 0.357. The number of halogens is 4. The Balaban J connectivity index is 2.33. The van der Waals surface area contributed by atoms with Gasteiger partial charge in [-0.05, 0) is 24.6 Å². The van der Waals surface area contributed by atoms with Crippen LogP contribution in [0.2, 0.25) is 0 Å². The van der Waals surface area contributed by atoms with Crippen LogP contribution in [0.4, 0.5) is 13.2 Å². The van der Waals surface area contributed by atoms with E-state index in [1.54, 1.807) is 18.5 Å². The molecule has 0 aliphatic heterocycles. The third-order valence-electron chi connectivity index (χ3n) is 3.27. The van der Waals surface area contributed by atoms with Gasteiger partial charge >= 0.3 is 6.18 Å². The van der Waals surface area contributed by atoms with E-state index in [1.807, 2.05) is 11.5 Å². The van der Waals surface area contributed by atoms with Gasteiger partial charge < -0.3 is 10.3 Å². The Labute approximate surface area is 129 Å².